The summed E-state index contributed by atoms with van der Waals surface area (Å²) in [5.41, 5.74) is 1.52. The lowest BCUT2D eigenvalue weighted by Gasteiger charge is -2.33. The van der Waals surface area contributed by atoms with Gasteiger partial charge in [-0.25, -0.2) is 12.8 Å². The molecule has 0 spiro atoms. The molecule has 0 saturated carbocycles. The number of hydrogen-bond donors (Lipinski definition) is 1. The van der Waals surface area contributed by atoms with Gasteiger partial charge >= 0.3 is 0 Å². The minimum Gasteiger partial charge on any atom is -0.357 e. The average Bonchev–Trinajstić information content (AvgIpc) is 2.87. The van der Waals surface area contributed by atoms with E-state index in [4.69, 9.17) is 23.2 Å². The Morgan fingerprint density at radius 1 is 0.974 bits per heavy atom. The van der Waals surface area contributed by atoms with E-state index in [9.17, 15) is 22.4 Å². The van der Waals surface area contributed by atoms with Gasteiger partial charge in [0.05, 0.1) is 10.6 Å². The molecule has 1 atom stereocenters. The van der Waals surface area contributed by atoms with Gasteiger partial charge < -0.3 is 10.2 Å². The van der Waals surface area contributed by atoms with Crippen LogP contribution in [-0.2, 0) is 26.2 Å². The van der Waals surface area contributed by atoms with Crippen LogP contribution in [0.1, 0.15) is 24.5 Å². The third kappa shape index (κ3) is 7.03. The van der Waals surface area contributed by atoms with Crippen LogP contribution in [0.5, 0.6) is 0 Å². The second-order valence-corrected chi connectivity index (χ2v) is 11.4. The molecule has 0 aliphatic rings. The highest BCUT2D eigenvalue weighted by Crippen LogP contribution is 2.30. The highest BCUT2D eigenvalue weighted by Gasteiger charge is 2.33. The standard InChI is InChI=1S/C27H28Cl2FN3O4S/c1-4-25(27(35)31-3)32(16-19-7-9-22(30)10-8-19)26(34)17-33(23-14-20(28)13-21(29)15-23)38(36,37)24-11-5-18(2)6-12-24/h5-15,25H,4,16-17H2,1-3H3,(H,31,35)/t25-/m1/s1. The molecular formula is C27H28Cl2FN3O4S. The molecule has 38 heavy (non-hydrogen) atoms. The molecule has 0 aliphatic carbocycles. The number of hydrogen-bond acceptors (Lipinski definition) is 4. The molecule has 3 aromatic rings. The molecule has 3 aromatic carbocycles. The van der Waals surface area contributed by atoms with E-state index in [-0.39, 0.29) is 33.6 Å². The number of nitrogens with zero attached hydrogens (tertiary/aromatic N) is 2. The zero-order valence-electron chi connectivity index (χ0n) is 21.1. The SMILES string of the molecule is CC[C@H](C(=O)NC)N(Cc1ccc(F)cc1)C(=O)CN(c1cc(Cl)cc(Cl)c1)S(=O)(=O)c1ccc(C)cc1. The Bertz CT molecular complexity index is 1380. The summed E-state index contributed by atoms with van der Waals surface area (Å²) in [6.45, 7) is 2.88. The number of sulfonamides is 1. The largest absolute Gasteiger partial charge is 0.357 e. The van der Waals surface area contributed by atoms with Gasteiger partial charge in [0.25, 0.3) is 10.0 Å². The normalized spacial score (nSPS) is 12.1. The molecule has 2 amide bonds. The van der Waals surface area contributed by atoms with Crippen molar-refractivity contribution in [1.29, 1.82) is 0 Å². The van der Waals surface area contributed by atoms with Crippen LogP contribution in [0.25, 0.3) is 0 Å². The summed E-state index contributed by atoms with van der Waals surface area (Å²) in [5.74, 6) is -1.50. The van der Waals surface area contributed by atoms with Crippen LogP contribution >= 0.6 is 23.2 Å². The van der Waals surface area contributed by atoms with Crippen LogP contribution in [0, 0.1) is 12.7 Å². The maximum Gasteiger partial charge on any atom is 0.264 e. The smallest absolute Gasteiger partial charge is 0.264 e. The Hall–Kier alpha value is -3.14. The number of amides is 2. The number of rotatable bonds is 10. The average molecular weight is 581 g/mol. The highest BCUT2D eigenvalue weighted by atomic mass is 35.5. The maximum atomic E-state index is 13.8. The molecular weight excluding hydrogens is 552 g/mol. The molecule has 0 saturated heterocycles. The molecule has 1 N–H and O–H groups in total. The van der Waals surface area contributed by atoms with Crippen LogP contribution in [-0.4, -0.2) is 44.8 Å². The Labute approximate surface area is 232 Å². The van der Waals surface area contributed by atoms with E-state index in [0.717, 1.165) is 9.87 Å². The molecule has 0 heterocycles. The van der Waals surface area contributed by atoms with Crippen molar-refractivity contribution in [2.75, 3.05) is 17.9 Å². The van der Waals surface area contributed by atoms with E-state index in [0.29, 0.717) is 5.56 Å². The van der Waals surface area contributed by atoms with E-state index in [2.05, 4.69) is 5.32 Å². The number of benzene rings is 3. The van der Waals surface area contributed by atoms with Gasteiger partial charge in [-0.05, 0) is 61.4 Å². The number of nitrogens with one attached hydrogen (secondary N) is 1. The summed E-state index contributed by atoms with van der Waals surface area (Å²) in [4.78, 5) is 27.8. The Morgan fingerprint density at radius 2 is 1.55 bits per heavy atom. The van der Waals surface area contributed by atoms with Crippen molar-refractivity contribution < 1.29 is 22.4 Å². The first kappa shape index (κ1) is 29.4. The van der Waals surface area contributed by atoms with Crippen molar-refractivity contribution in [2.24, 2.45) is 0 Å². The van der Waals surface area contributed by atoms with E-state index in [1.807, 2.05) is 6.92 Å². The van der Waals surface area contributed by atoms with Gasteiger partial charge in [-0.1, -0.05) is 60.0 Å². The minimum absolute atomic E-state index is 0.0320. The predicted molar refractivity (Wildman–Crippen MR) is 147 cm³/mol. The second kappa shape index (κ2) is 12.6. The third-order valence-electron chi connectivity index (χ3n) is 5.92. The van der Waals surface area contributed by atoms with Crippen LogP contribution < -0.4 is 9.62 Å². The van der Waals surface area contributed by atoms with Crippen molar-refractivity contribution in [3.05, 3.63) is 93.7 Å². The molecule has 7 nitrogen and oxygen atoms in total. The number of aryl methyl sites for hydroxylation is 1. The van der Waals surface area contributed by atoms with Gasteiger partial charge in [0, 0.05) is 23.6 Å². The van der Waals surface area contributed by atoms with Crippen LogP contribution in [0.4, 0.5) is 10.1 Å². The van der Waals surface area contributed by atoms with Crippen molar-refractivity contribution in [2.45, 2.75) is 37.8 Å². The van der Waals surface area contributed by atoms with E-state index in [1.165, 1.54) is 66.5 Å². The Kier molecular flexibility index (Phi) is 9.76. The van der Waals surface area contributed by atoms with E-state index < -0.39 is 40.2 Å². The van der Waals surface area contributed by atoms with Crippen LogP contribution in [0.15, 0.2) is 71.6 Å². The molecule has 0 aliphatic heterocycles. The van der Waals surface area contributed by atoms with Crippen molar-refractivity contribution >= 4 is 50.7 Å². The summed E-state index contributed by atoms with van der Waals surface area (Å²) in [6, 6.07) is 15.0. The lowest BCUT2D eigenvalue weighted by Crippen LogP contribution is -2.51. The monoisotopic (exact) mass is 579 g/mol. The number of halogens is 3. The van der Waals surface area contributed by atoms with Gasteiger partial charge in [0.2, 0.25) is 11.8 Å². The van der Waals surface area contributed by atoms with Gasteiger partial charge in [0.15, 0.2) is 0 Å². The fourth-order valence-corrected chi connectivity index (χ4v) is 5.83. The zero-order valence-corrected chi connectivity index (χ0v) is 23.4. The van der Waals surface area contributed by atoms with Gasteiger partial charge in [-0.3, -0.25) is 13.9 Å². The first-order valence-corrected chi connectivity index (χ1v) is 14.0. The quantitative estimate of drug-likeness (QED) is 0.358. The molecule has 0 fully saturated rings. The number of carbonyl (C=O) groups excluding carboxylic acids is 2. The van der Waals surface area contributed by atoms with Gasteiger partial charge in [0.1, 0.15) is 18.4 Å². The summed E-state index contributed by atoms with van der Waals surface area (Å²) < 4.78 is 42.0. The van der Waals surface area contributed by atoms with E-state index >= 15 is 0 Å². The Morgan fingerprint density at radius 3 is 2.08 bits per heavy atom. The lowest BCUT2D eigenvalue weighted by molar-refractivity contribution is -0.140. The van der Waals surface area contributed by atoms with Gasteiger partial charge in [-0.2, -0.15) is 0 Å². The molecule has 0 unspecified atom stereocenters. The number of anilines is 1. The maximum absolute atomic E-state index is 13.8. The summed E-state index contributed by atoms with van der Waals surface area (Å²) in [7, 11) is -2.80. The predicted octanol–water partition coefficient (Wildman–Crippen LogP) is 5.19. The summed E-state index contributed by atoms with van der Waals surface area (Å²) in [6.07, 6.45) is 0.264. The first-order valence-electron chi connectivity index (χ1n) is 11.8. The molecule has 0 radical (unpaired) electrons. The molecule has 0 aromatic heterocycles. The third-order valence-corrected chi connectivity index (χ3v) is 8.15. The molecule has 3 rings (SSSR count). The molecule has 11 heteroatoms. The van der Waals surface area contributed by atoms with Crippen molar-refractivity contribution in [3.63, 3.8) is 0 Å². The van der Waals surface area contributed by atoms with E-state index in [1.54, 1.807) is 19.1 Å². The minimum atomic E-state index is -4.25. The fourth-order valence-electron chi connectivity index (χ4n) is 3.92. The lowest BCUT2D eigenvalue weighted by atomic mass is 10.1. The van der Waals surface area contributed by atoms with Crippen LogP contribution in [0.3, 0.4) is 0 Å². The second-order valence-electron chi connectivity index (χ2n) is 8.64. The van der Waals surface area contributed by atoms with Gasteiger partial charge in [-0.15, -0.1) is 0 Å². The van der Waals surface area contributed by atoms with Crippen LogP contribution in [0.2, 0.25) is 10.0 Å². The number of carbonyl (C=O) groups is 2. The Balaban J connectivity index is 2.09. The fraction of sp³-hybridized carbons (Fsp3) is 0.259. The zero-order chi connectivity index (χ0) is 28.0. The number of likely N-dealkylation sites (N-methyl/N-ethyl adjacent to an activating group) is 1. The summed E-state index contributed by atoms with van der Waals surface area (Å²) in [5, 5.41) is 2.92. The summed E-state index contributed by atoms with van der Waals surface area (Å²) >= 11 is 12.4. The highest BCUT2D eigenvalue weighted by molar-refractivity contribution is 7.92. The molecule has 0 bridgehead atoms. The van der Waals surface area contributed by atoms with Crippen molar-refractivity contribution in [3.8, 4) is 0 Å². The van der Waals surface area contributed by atoms with Crippen molar-refractivity contribution in [1.82, 2.24) is 10.2 Å². The first-order chi connectivity index (χ1) is 18.0. The topological polar surface area (TPSA) is 86.8 Å². The molecule has 202 valence electrons.